The van der Waals surface area contributed by atoms with E-state index in [0.29, 0.717) is 5.56 Å². The lowest BCUT2D eigenvalue weighted by Crippen LogP contribution is -2.05. The maximum atomic E-state index is 10.8. The van der Waals surface area contributed by atoms with Crippen molar-refractivity contribution in [2.24, 2.45) is 0 Å². The zero-order valence-electron chi connectivity index (χ0n) is 8.25. The van der Waals surface area contributed by atoms with Crippen LogP contribution in [0.15, 0.2) is 30.5 Å². The molecular formula is C11H10O5. The Morgan fingerprint density at radius 3 is 2.38 bits per heavy atom. The molecule has 0 aliphatic heterocycles. The predicted octanol–water partition coefficient (Wildman–Crippen LogP) is 1.70. The molecule has 0 aromatic heterocycles. The third-order valence-corrected chi connectivity index (χ3v) is 2.03. The Morgan fingerprint density at radius 1 is 1.19 bits per heavy atom. The highest BCUT2D eigenvalue weighted by Crippen LogP contribution is 2.13. The van der Waals surface area contributed by atoms with Crippen LogP contribution < -0.4 is 0 Å². The normalized spacial score (nSPS) is 10.5. The average molecular weight is 222 g/mol. The van der Waals surface area contributed by atoms with Crippen molar-refractivity contribution in [2.45, 2.75) is 6.42 Å². The number of hydrogen-bond acceptors (Lipinski definition) is 3. The van der Waals surface area contributed by atoms with Gasteiger partial charge in [-0.1, -0.05) is 0 Å². The molecule has 0 saturated heterocycles. The molecule has 1 aromatic carbocycles. The van der Waals surface area contributed by atoms with E-state index in [4.69, 9.17) is 15.3 Å². The van der Waals surface area contributed by atoms with Crippen molar-refractivity contribution < 1.29 is 24.9 Å². The zero-order chi connectivity index (χ0) is 12.1. The standard InChI is InChI=1S/C11H10O5/c12-5-1-2-7-6-8(10(13)14)3-4-9(7)11(15)16/h1,3-6,12H,2H2,(H,13,14)(H,15,16). The largest absolute Gasteiger partial charge is 0.516 e. The topological polar surface area (TPSA) is 94.8 Å². The van der Waals surface area contributed by atoms with Gasteiger partial charge in [0.25, 0.3) is 0 Å². The van der Waals surface area contributed by atoms with Crippen molar-refractivity contribution in [3.05, 3.63) is 47.2 Å². The first-order valence-corrected chi connectivity index (χ1v) is 4.45. The van der Waals surface area contributed by atoms with Crippen molar-refractivity contribution in [1.29, 1.82) is 0 Å². The summed E-state index contributed by atoms with van der Waals surface area (Å²) in [7, 11) is 0. The highest BCUT2D eigenvalue weighted by molar-refractivity contribution is 5.93. The molecule has 0 heterocycles. The van der Waals surface area contributed by atoms with Crippen molar-refractivity contribution in [1.82, 2.24) is 0 Å². The molecule has 0 atom stereocenters. The van der Waals surface area contributed by atoms with E-state index in [0.717, 1.165) is 6.26 Å². The summed E-state index contributed by atoms with van der Waals surface area (Å²) in [6.07, 6.45) is 2.30. The van der Waals surface area contributed by atoms with Crippen molar-refractivity contribution in [3.8, 4) is 0 Å². The van der Waals surface area contributed by atoms with Gasteiger partial charge in [-0.05, 0) is 36.3 Å². The Balaban J connectivity index is 3.20. The van der Waals surface area contributed by atoms with Gasteiger partial charge in [-0.15, -0.1) is 0 Å². The number of aliphatic hydroxyl groups excluding tert-OH is 1. The number of aliphatic hydroxyl groups is 1. The molecule has 0 amide bonds. The fraction of sp³-hybridized carbons (Fsp3) is 0.0909. The maximum absolute atomic E-state index is 10.8. The summed E-state index contributed by atoms with van der Waals surface area (Å²) in [6.45, 7) is 0. The smallest absolute Gasteiger partial charge is 0.335 e. The molecule has 0 unspecified atom stereocenters. The first-order valence-electron chi connectivity index (χ1n) is 4.45. The Bertz CT molecular complexity index is 448. The summed E-state index contributed by atoms with van der Waals surface area (Å²) >= 11 is 0. The van der Waals surface area contributed by atoms with Gasteiger partial charge in [-0.2, -0.15) is 0 Å². The van der Waals surface area contributed by atoms with E-state index in [1.165, 1.54) is 24.3 Å². The first-order chi connectivity index (χ1) is 7.56. The van der Waals surface area contributed by atoms with Crippen LogP contribution in [0.2, 0.25) is 0 Å². The lowest BCUT2D eigenvalue weighted by atomic mass is 10.0. The van der Waals surface area contributed by atoms with Gasteiger partial charge >= 0.3 is 11.9 Å². The Morgan fingerprint density at radius 2 is 1.88 bits per heavy atom. The van der Waals surface area contributed by atoms with Gasteiger partial charge in [0.2, 0.25) is 0 Å². The highest BCUT2D eigenvalue weighted by Gasteiger charge is 2.12. The molecule has 0 spiro atoms. The Labute approximate surface area is 91.3 Å². The SMILES string of the molecule is O=C(O)c1ccc(C(=O)O)c(CC=CO)c1. The summed E-state index contributed by atoms with van der Waals surface area (Å²) < 4.78 is 0. The fourth-order valence-electron chi connectivity index (χ4n) is 1.28. The summed E-state index contributed by atoms with van der Waals surface area (Å²) in [4.78, 5) is 21.5. The van der Waals surface area contributed by atoms with Gasteiger partial charge in [0.05, 0.1) is 17.4 Å². The van der Waals surface area contributed by atoms with E-state index in [2.05, 4.69) is 0 Å². The van der Waals surface area contributed by atoms with E-state index >= 15 is 0 Å². The first kappa shape index (κ1) is 11.8. The van der Waals surface area contributed by atoms with E-state index < -0.39 is 11.9 Å². The molecular weight excluding hydrogens is 212 g/mol. The third-order valence-electron chi connectivity index (χ3n) is 2.03. The van der Waals surface area contributed by atoms with Gasteiger partial charge in [0.1, 0.15) is 0 Å². The van der Waals surface area contributed by atoms with Crippen LogP contribution in [0.5, 0.6) is 0 Å². The van der Waals surface area contributed by atoms with Gasteiger partial charge in [0, 0.05) is 0 Å². The number of allylic oxidation sites excluding steroid dienone is 1. The number of carboxylic acid groups (broad SMARTS) is 2. The van der Waals surface area contributed by atoms with Crippen LogP contribution in [0.1, 0.15) is 26.3 Å². The molecule has 0 aliphatic carbocycles. The number of benzene rings is 1. The molecule has 0 fully saturated rings. The lowest BCUT2D eigenvalue weighted by molar-refractivity contribution is 0.0680. The van der Waals surface area contributed by atoms with Crippen molar-refractivity contribution >= 4 is 11.9 Å². The second kappa shape index (κ2) is 4.97. The maximum Gasteiger partial charge on any atom is 0.335 e. The fourth-order valence-corrected chi connectivity index (χ4v) is 1.28. The number of hydrogen-bond donors (Lipinski definition) is 3. The molecule has 3 N–H and O–H groups in total. The zero-order valence-corrected chi connectivity index (χ0v) is 8.25. The van der Waals surface area contributed by atoms with Crippen molar-refractivity contribution in [3.63, 3.8) is 0 Å². The van der Waals surface area contributed by atoms with Gasteiger partial charge in [0.15, 0.2) is 0 Å². The molecule has 1 rings (SSSR count). The minimum absolute atomic E-state index is 0.0198. The van der Waals surface area contributed by atoms with Crippen LogP contribution in [0.4, 0.5) is 0 Å². The number of carboxylic acids is 2. The molecule has 5 heteroatoms. The molecule has 0 aliphatic rings. The second-order valence-electron chi connectivity index (χ2n) is 3.07. The highest BCUT2D eigenvalue weighted by atomic mass is 16.4. The van der Waals surface area contributed by atoms with Crippen LogP contribution >= 0.6 is 0 Å². The summed E-state index contributed by atoms with van der Waals surface area (Å²) in [6, 6.07) is 3.76. The summed E-state index contributed by atoms with van der Waals surface area (Å²) in [5.41, 5.74) is 0.395. The molecule has 84 valence electrons. The molecule has 5 nitrogen and oxygen atoms in total. The van der Waals surface area contributed by atoms with Gasteiger partial charge in [-0.3, -0.25) is 0 Å². The number of carbonyl (C=O) groups is 2. The predicted molar refractivity (Wildman–Crippen MR) is 55.8 cm³/mol. The Hall–Kier alpha value is -2.30. The Kier molecular flexibility index (Phi) is 3.66. The quantitative estimate of drug-likeness (QED) is 0.674. The molecule has 0 radical (unpaired) electrons. The summed E-state index contributed by atoms with van der Waals surface area (Å²) in [5.74, 6) is -2.25. The minimum Gasteiger partial charge on any atom is -0.516 e. The number of aromatic carboxylic acids is 2. The third kappa shape index (κ3) is 2.60. The van der Waals surface area contributed by atoms with Crippen LogP contribution in [-0.2, 0) is 6.42 Å². The average Bonchev–Trinajstić information content (AvgIpc) is 2.25. The monoisotopic (exact) mass is 222 g/mol. The lowest BCUT2D eigenvalue weighted by Gasteiger charge is -2.04. The van der Waals surface area contributed by atoms with Crippen LogP contribution in [0.25, 0.3) is 0 Å². The molecule has 0 bridgehead atoms. The molecule has 16 heavy (non-hydrogen) atoms. The number of rotatable bonds is 4. The minimum atomic E-state index is -1.13. The van der Waals surface area contributed by atoms with E-state index in [-0.39, 0.29) is 17.5 Å². The van der Waals surface area contributed by atoms with Crippen LogP contribution in [0.3, 0.4) is 0 Å². The van der Waals surface area contributed by atoms with E-state index in [9.17, 15) is 9.59 Å². The molecule has 0 saturated carbocycles. The second-order valence-corrected chi connectivity index (χ2v) is 3.07. The van der Waals surface area contributed by atoms with E-state index in [1.807, 2.05) is 0 Å². The molecule has 1 aromatic rings. The van der Waals surface area contributed by atoms with E-state index in [1.54, 1.807) is 0 Å². The van der Waals surface area contributed by atoms with Gasteiger partial charge in [-0.25, -0.2) is 9.59 Å². The van der Waals surface area contributed by atoms with Crippen LogP contribution in [-0.4, -0.2) is 27.3 Å². The van der Waals surface area contributed by atoms with Crippen LogP contribution in [0, 0.1) is 0 Å². The summed E-state index contributed by atoms with van der Waals surface area (Å²) in [5, 5.41) is 26.1. The van der Waals surface area contributed by atoms with Gasteiger partial charge < -0.3 is 15.3 Å². The van der Waals surface area contributed by atoms with Crippen molar-refractivity contribution in [2.75, 3.05) is 0 Å².